The highest BCUT2D eigenvalue weighted by atomic mass is 16.5. The minimum Gasteiger partial charge on any atom is -0.497 e. The van der Waals surface area contributed by atoms with E-state index in [1.807, 2.05) is 24.3 Å². The number of hydrazone groups is 1. The molecule has 190 valence electrons. The van der Waals surface area contributed by atoms with Gasteiger partial charge in [0.15, 0.2) is 5.78 Å². The van der Waals surface area contributed by atoms with Crippen molar-refractivity contribution >= 4 is 35.5 Å². The Morgan fingerprint density at radius 2 is 1.53 bits per heavy atom. The number of rotatable bonds is 5. The zero-order valence-electron chi connectivity index (χ0n) is 20.6. The highest BCUT2D eigenvalue weighted by molar-refractivity contribution is 6.26. The number of ether oxygens (including phenoxy) is 2. The van der Waals surface area contributed by atoms with Gasteiger partial charge in [-0.15, -0.1) is 0 Å². The lowest BCUT2D eigenvalue weighted by Gasteiger charge is -2.34. The van der Waals surface area contributed by atoms with Crippen molar-refractivity contribution in [3.63, 3.8) is 0 Å². The van der Waals surface area contributed by atoms with Crippen LogP contribution in [0.4, 0.5) is 5.69 Å². The van der Waals surface area contributed by atoms with E-state index in [1.54, 1.807) is 47.6 Å². The number of esters is 1. The Hall–Kier alpha value is -4.79. The quantitative estimate of drug-likeness (QED) is 0.295. The van der Waals surface area contributed by atoms with Crippen LogP contribution in [0, 0.1) is 11.8 Å². The molecule has 38 heavy (non-hydrogen) atoms. The highest BCUT2D eigenvalue weighted by Gasteiger charge is 2.65. The Morgan fingerprint density at radius 1 is 0.842 bits per heavy atom. The zero-order valence-corrected chi connectivity index (χ0v) is 20.6. The van der Waals surface area contributed by atoms with Crippen LogP contribution in [0.2, 0.25) is 0 Å². The minimum atomic E-state index is -1.02. The van der Waals surface area contributed by atoms with E-state index >= 15 is 0 Å². The molecule has 2 fully saturated rings. The van der Waals surface area contributed by atoms with Gasteiger partial charge < -0.3 is 9.47 Å². The van der Waals surface area contributed by atoms with Crippen LogP contribution in [0.3, 0.4) is 0 Å². The second-order valence-electron chi connectivity index (χ2n) is 9.31. The van der Waals surface area contributed by atoms with Gasteiger partial charge in [-0.3, -0.25) is 19.4 Å². The number of hydrogen-bond acceptors (Lipinski definition) is 8. The van der Waals surface area contributed by atoms with E-state index in [2.05, 4.69) is 5.10 Å². The van der Waals surface area contributed by atoms with Gasteiger partial charge in [0.2, 0.25) is 11.8 Å². The van der Waals surface area contributed by atoms with Gasteiger partial charge >= 0.3 is 5.97 Å². The summed E-state index contributed by atoms with van der Waals surface area (Å²) < 4.78 is 10.1. The van der Waals surface area contributed by atoms with Crippen molar-refractivity contribution in [1.82, 2.24) is 5.01 Å². The molecule has 0 aliphatic carbocycles. The van der Waals surface area contributed by atoms with Crippen molar-refractivity contribution in [2.24, 2.45) is 16.9 Å². The van der Waals surface area contributed by atoms with Crippen LogP contribution in [-0.2, 0) is 14.3 Å². The van der Waals surface area contributed by atoms with Gasteiger partial charge in [-0.2, -0.15) is 5.10 Å². The Balaban J connectivity index is 1.49. The molecule has 6 rings (SSSR count). The third-order valence-electron chi connectivity index (χ3n) is 7.49. The van der Waals surface area contributed by atoms with Crippen LogP contribution in [0.25, 0.3) is 0 Å². The predicted molar refractivity (Wildman–Crippen MR) is 137 cm³/mol. The lowest BCUT2D eigenvalue weighted by atomic mass is 9.83. The van der Waals surface area contributed by atoms with Crippen LogP contribution in [-0.4, -0.2) is 55.1 Å². The number of benzene rings is 3. The maximum absolute atomic E-state index is 14.1. The Labute approximate surface area is 218 Å². The van der Waals surface area contributed by atoms with Crippen LogP contribution in [0.5, 0.6) is 5.75 Å². The topological polar surface area (TPSA) is 106 Å². The molecular weight excluding hydrogens is 486 g/mol. The van der Waals surface area contributed by atoms with Crippen LogP contribution >= 0.6 is 0 Å². The first-order valence-electron chi connectivity index (χ1n) is 12.1. The molecule has 3 aromatic rings. The average molecular weight is 510 g/mol. The second kappa shape index (κ2) is 8.95. The Kier molecular flexibility index (Phi) is 5.56. The fourth-order valence-corrected chi connectivity index (χ4v) is 5.78. The Bertz CT molecular complexity index is 1510. The fourth-order valence-electron chi connectivity index (χ4n) is 5.78. The number of methoxy groups -OCH3 is 2. The van der Waals surface area contributed by atoms with Crippen molar-refractivity contribution in [3.8, 4) is 5.75 Å². The molecular formula is C29H23N3O6. The van der Waals surface area contributed by atoms with Crippen LogP contribution in [0.15, 0.2) is 77.9 Å². The van der Waals surface area contributed by atoms with Gasteiger partial charge in [0.1, 0.15) is 11.8 Å². The first kappa shape index (κ1) is 23.6. The third kappa shape index (κ3) is 3.35. The van der Waals surface area contributed by atoms with E-state index in [-0.39, 0.29) is 17.0 Å². The van der Waals surface area contributed by atoms with E-state index in [0.717, 1.165) is 16.0 Å². The number of ketones is 1. The first-order chi connectivity index (χ1) is 18.5. The van der Waals surface area contributed by atoms with Gasteiger partial charge in [0.05, 0.1) is 49.6 Å². The molecule has 4 atom stereocenters. The summed E-state index contributed by atoms with van der Waals surface area (Å²) in [5.74, 6) is -3.32. The molecule has 0 bridgehead atoms. The molecule has 0 radical (unpaired) electrons. The molecule has 2 saturated heterocycles. The van der Waals surface area contributed by atoms with Crippen molar-refractivity contribution in [3.05, 3.63) is 95.1 Å². The van der Waals surface area contributed by atoms with Gasteiger partial charge in [0.25, 0.3) is 0 Å². The number of amides is 2. The number of para-hydroxylation sites is 1. The van der Waals surface area contributed by atoms with E-state index in [0.29, 0.717) is 11.3 Å². The summed E-state index contributed by atoms with van der Waals surface area (Å²) in [6.45, 7) is 0. The Morgan fingerprint density at radius 3 is 2.26 bits per heavy atom. The number of imide groups is 1. The summed E-state index contributed by atoms with van der Waals surface area (Å²) in [6.07, 6.45) is 1.65. The van der Waals surface area contributed by atoms with Crippen LogP contribution < -0.4 is 9.64 Å². The lowest BCUT2D eigenvalue weighted by molar-refractivity contribution is -0.124. The van der Waals surface area contributed by atoms with E-state index in [1.165, 1.54) is 26.4 Å². The molecule has 0 saturated carbocycles. The summed E-state index contributed by atoms with van der Waals surface area (Å²) in [7, 11) is 2.77. The van der Waals surface area contributed by atoms with E-state index in [9.17, 15) is 19.2 Å². The monoisotopic (exact) mass is 509 g/mol. The molecule has 0 unspecified atom stereocenters. The highest BCUT2D eigenvalue weighted by Crippen LogP contribution is 2.53. The number of anilines is 1. The largest absolute Gasteiger partial charge is 0.497 e. The average Bonchev–Trinajstić information content (AvgIpc) is 3.44. The number of fused-ring (bicyclic) bond motifs is 5. The molecule has 3 aliphatic heterocycles. The number of carbonyl (C=O) groups excluding carboxylic acids is 4. The zero-order chi connectivity index (χ0) is 26.6. The lowest BCUT2D eigenvalue weighted by Crippen LogP contribution is -2.45. The van der Waals surface area contributed by atoms with Crippen molar-refractivity contribution in [2.45, 2.75) is 12.1 Å². The summed E-state index contributed by atoms with van der Waals surface area (Å²) in [5.41, 5.74) is 2.23. The summed E-state index contributed by atoms with van der Waals surface area (Å²) >= 11 is 0. The summed E-state index contributed by atoms with van der Waals surface area (Å²) in [4.78, 5) is 55.6. The first-order valence-corrected chi connectivity index (χ1v) is 12.1. The van der Waals surface area contributed by atoms with Crippen molar-refractivity contribution in [2.75, 3.05) is 19.1 Å². The predicted octanol–water partition coefficient (Wildman–Crippen LogP) is 3.24. The standard InChI is InChI=1S/C29H23N3O6/c1-37-18-13-11-16(12-14-18)26(33)25-23-22(24-19-8-4-3-7-17(19)15-30-32(24)25)27(34)31(28(23)35)21-10-6-5-9-20(21)29(36)38-2/h3-15,22-25H,1-2H3/t22-,23+,24-,25+/m0/s1. The summed E-state index contributed by atoms with van der Waals surface area (Å²) in [5, 5.41) is 6.17. The van der Waals surface area contributed by atoms with Crippen molar-refractivity contribution < 1.29 is 28.7 Å². The van der Waals surface area contributed by atoms with Gasteiger partial charge in [0, 0.05) is 5.56 Å². The minimum absolute atomic E-state index is 0.0913. The molecule has 0 aromatic heterocycles. The molecule has 0 N–H and O–H groups in total. The van der Waals surface area contributed by atoms with E-state index < -0.39 is 41.7 Å². The number of hydrogen-bond donors (Lipinski definition) is 0. The fraction of sp³-hybridized carbons (Fsp3) is 0.207. The number of carbonyl (C=O) groups is 4. The molecule has 2 amide bonds. The smallest absolute Gasteiger partial charge is 0.339 e. The van der Waals surface area contributed by atoms with Crippen LogP contribution in [0.1, 0.15) is 37.9 Å². The van der Waals surface area contributed by atoms with Gasteiger partial charge in [-0.25, -0.2) is 9.69 Å². The number of Topliss-reactive ketones (excluding diaryl/α,β-unsaturated/α-hetero) is 1. The molecule has 3 aromatic carbocycles. The SMILES string of the molecule is COC(=O)c1ccccc1N1C(=O)[C@@H]2[C@H](C1=O)[C@@H]1c3ccccc3C=NN1[C@H]2C(=O)c1ccc(OC)cc1. The second-order valence-corrected chi connectivity index (χ2v) is 9.31. The molecule has 3 heterocycles. The maximum atomic E-state index is 14.1. The van der Waals surface area contributed by atoms with Gasteiger partial charge in [-0.05, 0) is 47.5 Å². The molecule has 9 heteroatoms. The molecule has 3 aliphatic rings. The van der Waals surface area contributed by atoms with Crippen molar-refractivity contribution in [1.29, 1.82) is 0 Å². The normalized spacial score (nSPS) is 23.1. The molecule has 0 spiro atoms. The van der Waals surface area contributed by atoms with E-state index in [4.69, 9.17) is 9.47 Å². The molecule has 9 nitrogen and oxygen atoms in total. The number of nitrogens with zero attached hydrogens (tertiary/aromatic N) is 3. The maximum Gasteiger partial charge on any atom is 0.339 e. The third-order valence-corrected chi connectivity index (χ3v) is 7.49. The summed E-state index contributed by atoms with van der Waals surface area (Å²) in [6, 6.07) is 18.8. The van der Waals surface area contributed by atoms with Gasteiger partial charge in [-0.1, -0.05) is 36.4 Å².